The molecule has 17 heavy (non-hydrogen) atoms. The van der Waals surface area contributed by atoms with E-state index in [0.717, 1.165) is 19.5 Å². The number of carbonyl (C=O) groups is 1. The summed E-state index contributed by atoms with van der Waals surface area (Å²) >= 11 is 0. The van der Waals surface area contributed by atoms with Crippen molar-refractivity contribution < 1.29 is 18.3 Å². The Morgan fingerprint density at radius 3 is 2.76 bits per heavy atom. The number of aliphatic carboxylic acids is 1. The highest BCUT2D eigenvalue weighted by atomic mass is 32.2. The Morgan fingerprint density at radius 1 is 1.47 bits per heavy atom. The molecule has 1 aliphatic heterocycles. The number of rotatable bonds is 7. The number of carboxylic acids is 1. The van der Waals surface area contributed by atoms with Crippen molar-refractivity contribution in [2.24, 2.45) is 5.92 Å². The number of carboxylic acid groups (broad SMARTS) is 1. The highest BCUT2D eigenvalue weighted by Crippen LogP contribution is 2.20. The first-order chi connectivity index (χ1) is 7.93. The topological polar surface area (TPSA) is 74.7 Å². The van der Waals surface area contributed by atoms with E-state index in [-0.39, 0.29) is 17.9 Å². The van der Waals surface area contributed by atoms with Crippen LogP contribution in [0.5, 0.6) is 0 Å². The predicted octanol–water partition coefficient (Wildman–Crippen LogP) is 0.608. The van der Waals surface area contributed by atoms with Crippen LogP contribution in [0.2, 0.25) is 0 Å². The fourth-order valence-electron chi connectivity index (χ4n) is 2.09. The van der Waals surface area contributed by atoms with E-state index in [1.165, 1.54) is 0 Å². The lowest BCUT2D eigenvalue weighted by Crippen LogP contribution is -2.28. The number of likely N-dealkylation sites (tertiary alicyclic amines) is 1. The van der Waals surface area contributed by atoms with E-state index in [1.807, 2.05) is 0 Å². The fourth-order valence-corrected chi connectivity index (χ4v) is 2.92. The van der Waals surface area contributed by atoms with E-state index in [1.54, 1.807) is 6.92 Å². The molecule has 1 fully saturated rings. The summed E-state index contributed by atoms with van der Waals surface area (Å²) < 4.78 is 22.7. The van der Waals surface area contributed by atoms with Crippen LogP contribution in [-0.2, 0) is 14.6 Å². The van der Waals surface area contributed by atoms with Crippen molar-refractivity contribution in [3.8, 4) is 0 Å². The van der Waals surface area contributed by atoms with E-state index in [2.05, 4.69) is 4.90 Å². The molecule has 0 bridgehead atoms. The van der Waals surface area contributed by atoms with Crippen molar-refractivity contribution in [1.29, 1.82) is 0 Å². The Hall–Kier alpha value is -0.620. The van der Waals surface area contributed by atoms with Crippen molar-refractivity contribution in [3.05, 3.63) is 0 Å². The molecule has 0 saturated carbocycles. The third-order valence-corrected chi connectivity index (χ3v) is 4.98. The van der Waals surface area contributed by atoms with Crippen LogP contribution < -0.4 is 0 Å². The number of hydrogen-bond donors (Lipinski definition) is 1. The van der Waals surface area contributed by atoms with Gasteiger partial charge in [0, 0.05) is 25.3 Å². The summed E-state index contributed by atoms with van der Waals surface area (Å²) in [7, 11) is -2.89. The molecule has 0 spiro atoms. The van der Waals surface area contributed by atoms with Crippen LogP contribution in [0.1, 0.15) is 26.2 Å². The maximum Gasteiger partial charge on any atom is 0.303 e. The monoisotopic (exact) mass is 263 g/mol. The van der Waals surface area contributed by atoms with Crippen LogP contribution in [0.3, 0.4) is 0 Å². The molecule has 1 rings (SSSR count). The van der Waals surface area contributed by atoms with Gasteiger partial charge >= 0.3 is 5.97 Å². The number of sulfone groups is 1. The van der Waals surface area contributed by atoms with Crippen LogP contribution in [-0.4, -0.2) is 55.5 Å². The largest absolute Gasteiger partial charge is 0.481 e. The standard InChI is InChI=1S/C11H21NO4S/c1-2-17(15,16)8-7-12-6-5-10(9-12)3-4-11(13)14/h10H,2-9H2,1H3,(H,13,14). The van der Waals surface area contributed by atoms with Gasteiger partial charge in [0.2, 0.25) is 0 Å². The zero-order valence-electron chi connectivity index (χ0n) is 10.3. The van der Waals surface area contributed by atoms with Crippen LogP contribution in [0.15, 0.2) is 0 Å². The molecule has 1 atom stereocenters. The first kappa shape index (κ1) is 14.4. The lowest BCUT2D eigenvalue weighted by Gasteiger charge is -2.15. The van der Waals surface area contributed by atoms with Crippen LogP contribution in [0.4, 0.5) is 0 Å². The Bertz CT molecular complexity index is 352. The Kier molecular flexibility index (Phi) is 5.39. The molecule has 0 aromatic rings. The van der Waals surface area contributed by atoms with Gasteiger partial charge in [-0.1, -0.05) is 6.92 Å². The average Bonchev–Trinajstić information content (AvgIpc) is 2.72. The second kappa shape index (κ2) is 6.35. The summed E-state index contributed by atoms with van der Waals surface area (Å²) in [5, 5.41) is 8.59. The van der Waals surface area contributed by atoms with Crippen molar-refractivity contribution in [2.75, 3.05) is 31.1 Å². The van der Waals surface area contributed by atoms with Gasteiger partial charge in [-0.2, -0.15) is 0 Å². The zero-order chi connectivity index (χ0) is 12.9. The first-order valence-corrected chi connectivity index (χ1v) is 7.89. The molecule has 1 N–H and O–H groups in total. The Balaban J connectivity index is 2.24. The molecule has 0 aromatic heterocycles. The van der Waals surface area contributed by atoms with Crippen molar-refractivity contribution in [3.63, 3.8) is 0 Å². The smallest absolute Gasteiger partial charge is 0.303 e. The van der Waals surface area contributed by atoms with Gasteiger partial charge in [-0.25, -0.2) is 8.42 Å². The highest BCUT2D eigenvalue weighted by Gasteiger charge is 2.23. The average molecular weight is 263 g/mol. The Morgan fingerprint density at radius 2 is 2.18 bits per heavy atom. The lowest BCUT2D eigenvalue weighted by molar-refractivity contribution is -0.137. The van der Waals surface area contributed by atoms with E-state index in [4.69, 9.17) is 5.11 Å². The Labute approximate surface area is 103 Å². The molecule has 0 amide bonds. The summed E-state index contributed by atoms with van der Waals surface area (Å²) in [5.41, 5.74) is 0. The molecule has 1 saturated heterocycles. The molecule has 6 heteroatoms. The maximum atomic E-state index is 11.3. The zero-order valence-corrected chi connectivity index (χ0v) is 11.1. The van der Waals surface area contributed by atoms with Crippen molar-refractivity contribution in [2.45, 2.75) is 26.2 Å². The van der Waals surface area contributed by atoms with Gasteiger partial charge in [0.25, 0.3) is 0 Å². The second-order valence-electron chi connectivity index (χ2n) is 4.62. The molecule has 1 unspecified atom stereocenters. The van der Waals surface area contributed by atoms with Crippen LogP contribution in [0, 0.1) is 5.92 Å². The quantitative estimate of drug-likeness (QED) is 0.728. The summed E-state index contributed by atoms with van der Waals surface area (Å²) in [6.45, 7) is 3.98. The SMILES string of the molecule is CCS(=O)(=O)CCN1CCC(CCC(=O)O)C1. The number of nitrogens with zero attached hydrogens (tertiary/aromatic N) is 1. The van der Waals surface area contributed by atoms with Gasteiger partial charge in [0.15, 0.2) is 9.84 Å². The minimum absolute atomic E-state index is 0.198. The van der Waals surface area contributed by atoms with Gasteiger partial charge in [-0.3, -0.25) is 4.79 Å². The summed E-state index contributed by atoms with van der Waals surface area (Å²) in [6.07, 6.45) is 1.90. The van der Waals surface area contributed by atoms with Gasteiger partial charge in [-0.05, 0) is 25.3 Å². The van der Waals surface area contributed by atoms with E-state index in [9.17, 15) is 13.2 Å². The second-order valence-corrected chi connectivity index (χ2v) is 7.10. The molecule has 0 radical (unpaired) electrons. The summed E-state index contributed by atoms with van der Waals surface area (Å²) in [6, 6.07) is 0. The van der Waals surface area contributed by atoms with E-state index >= 15 is 0 Å². The van der Waals surface area contributed by atoms with E-state index in [0.29, 0.717) is 18.9 Å². The predicted molar refractivity (Wildman–Crippen MR) is 65.7 cm³/mol. The normalized spacial score (nSPS) is 21.8. The third kappa shape index (κ3) is 5.50. The van der Waals surface area contributed by atoms with Gasteiger partial charge in [0.1, 0.15) is 0 Å². The highest BCUT2D eigenvalue weighted by molar-refractivity contribution is 7.91. The van der Waals surface area contributed by atoms with Crippen molar-refractivity contribution in [1.82, 2.24) is 4.90 Å². The molecular weight excluding hydrogens is 242 g/mol. The minimum atomic E-state index is -2.89. The molecule has 5 nitrogen and oxygen atoms in total. The maximum absolute atomic E-state index is 11.3. The lowest BCUT2D eigenvalue weighted by atomic mass is 10.0. The van der Waals surface area contributed by atoms with Gasteiger partial charge < -0.3 is 10.0 Å². The summed E-state index contributed by atoms with van der Waals surface area (Å²) in [5.74, 6) is 0.0748. The molecule has 0 aromatic carbocycles. The van der Waals surface area contributed by atoms with Gasteiger partial charge in [0.05, 0.1) is 5.75 Å². The van der Waals surface area contributed by atoms with E-state index < -0.39 is 15.8 Å². The van der Waals surface area contributed by atoms with Crippen LogP contribution in [0.25, 0.3) is 0 Å². The number of hydrogen-bond acceptors (Lipinski definition) is 4. The molecule has 0 aliphatic carbocycles. The molecule has 1 heterocycles. The van der Waals surface area contributed by atoms with Gasteiger partial charge in [-0.15, -0.1) is 0 Å². The molecule has 100 valence electrons. The summed E-state index contributed by atoms with van der Waals surface area (Å²) in [4.78, 5) is 12.6. The third-order valence-electron chi connectivity index (χ3n) is 3.29. The minimum Gasteiger partial charge on any atom is -0.481 e. The first-order valence-electron chi connectivity index (χ1n) is 6.07. The van der Waals surface area contributed by atoms with Crippen molar-refractivity contribution >= 4 is 15.8 Å². The fraction of sp³-hybridized carbons (Fsp3) is 0.909. The van der Waals surface area contributed by atoms with Crippen LogP contribution >= 0.6 is 0 Å². The molecule has 1 aliphatic rings. The molecular formula is C11H21NO4S.